The molecule has 128 valence electrons. The second kappa shape index (κ2) is 6.60. The first-order chi connectivity index (χ1) is 12.7. The fourth-order valence-corrected chi connectivity index (χ4v) is 2.48. The fraction of sp³-hybridized carbons (Fsp3) is 0. The second-order valence-electron chi connectivity index (χ2n) is 5.64. The number of nitrogens with two attached hydrogens (primary N) is 1. The largest absolute Gasteiger partial charge is 0.507 e. The maximum atomic E-state index is 9.98. The summed E-state index contributed by atoms with van der Waals surface area (Å²) in [5.41, 5.74) is 7.30. The van der Waals surface area contributed by atoms with E-state index in [1.807, 2.05) is 54.6 Å². The van der Waals surface area contributed by atoms with Gasteiger partial charge in [0.2, 0.25) is 5.82 Å². The maximum Gasteiger partial charge on any atom is 0.262 e. The SMILES string of the molecule is Nc1ccc(-c2nc(-c3ccc(Oc4ccccc4)cc3)no2)c(O)c1. The summed E-state index contributed by atoms with van der Waals surface area (Å²) < 4.78 is 11.0. The average Bonchev–Trinajstić information content (AvgIpc) is 3.13. The van der Waals surface area contributed by atoms with Crippen molar-refractivity contribution < 1.29 is 14.4 Å². The van der Waals surface area contributed by atoms with Crippen LogP contribution in [0, 0.1) is 0 Å². The van der Waals surface area contributed by atoms with Crippen LogP contribution >= 0.6 is 0 Å². The van der Waals surface area contributed by atoms with Crippen LogP contribution in [0.2, 0.25) is 0 Å². The Bertz CT molecular complexity index is 1030. The number of nitrogen functional groups attached to an aromatic ring is 1. The Morgan fingerprint density at radius 1 is 0.885 bits per heavy atom. The van der Waals surface area contributed by atoms with Crippen LogP contribution < -0.4 is 10.5 Å². The number of hydrogen-bond donors (Lipinski definition) is 2. The van der Waals surface area contributed by atoms with E-state index in [4.69, 9.17) is 15.0 Å². The first-order valence-electron chi connectivity index (χ1n) is 7.95. The molecule has 0 atom stereocenters. The average molecular weight is 345 g/mol. The van der Waals surface area contributed by atoms with Gasteiger partial charge in [0.15, 0.2) is 0 Å². The number of phenols is 1. The van der Waals surface area contributed by atoms with Gasteiger partial charge in [0.25, 0.3) is 5.89 Å². The van der Waals surface area contributed by atoms with Crippen molar-refractivity contribution in [1.82, 2.24) is 10.1 Å². The van der Waals surface area contributed by atoms with Gasteiger partial charge in [-0.1, -0.05) is 23.4 Å². The Labute approximate surface area is 149 Å². The molecule has 0 aliphatic rings. The molecule has 0 radical (unpaired) electrons. The summed E-state index contributed by atoms with van der Waals surface area (Å²) in [6, 6.07) is 21.6. The van der Waals surface area contributed by atoms with Crippen LogP contribution in [0.25, 0.3) is 22.8 Å². The van der Waals surface area contributed by atoms with Crippen LogP contribution in [0.5, 0.6) is 17.2 Å². The van der Waals surface area contributed by atoms with Crippen molar-refractivity contribution in [3.05, 3.63) is 72.8 Å². The number of anilines is 1. The summed E-state index contributed by atoms with van der Waals surface area (Å²) in [6.45, 7) is 0. The molecule has 0 unspecified atom stereocenters. The molecule has 1 aromatic heterocycles. The van der Waals surface area contributed by atoms with Gasteiger partial charge in [-0.25, -0.2) is 0 Å². The van der Waals surface area contributed by atoms with E-state index in [1.54, 1.807) is 12.1 Å². The monoisotopic (exact) mass is 345 g/mol. The predicted molar refractivity (Wildman–Crippen MR) is 97.8 cm³/mol. The third kappa shape index (κ3) is 3.21. The summed E-state index contributed by atoms with van der Waals surface area (Å²) >= 11 is 0. The fourth-order valence-electron chi connectivity index (χ4n) is 2.48. The molecule has 4 rings (SSSR count). The zero-order valence-electron chi connectivity index (χ0n) is 13.7. The van der Waals surface area contributed by atoms with E-state index in [0.717, 1.165) is 11.3 Å². The number of benzene rings is 3. The molecule has 26 heavy (non-hydrogen) atoms. The van der Waals surface area contributed by atoms with E-state index in [9.17, 15) is 5.11 Å². The lowest BCUT2D eigenvalue weighted by atomic mass is 10.1. The van der Waals surface area contributed by atoms with E-state index >= 15 is 0 Å². The van der Waals surface area contributed by atoms with Gasteiger partial charge >= 0.3 is 0 Å². The van der Waals surface area contributed by atoms with Crippen LogP contribution in [0.4, 0.5) is 5.69 Å². The minimum Gasteiger partial charge on any atom is -0.507 e. The molecule has 0 aliphatic heterocycles. The smallest absolute Gasteiger partial charge is 0.262 e. The Kier molecular flexibility index (Phi) is 3.99. The van der Waals surface area contributed by atoms with Crippen molar-refractivity contribution in [3.63, 3.8) is 0 Å². The maximum absolute atomic E-state index is 9.98. The number of rotatable bonds is 4. The minimum atomic E-state index is -0.00758. The Hall–Kier alpha value is -3.80. The van der Waals surface area contributed by atoms with Crippen LogP contribution in [-0.4, -0.2) is 15.2 Å². The summed E-state index contributed by atoms with van der Waals surface area (Å²) in [5.74, 6) is 2.11. The molecular weight excluding hydrogens is 330 g/mol. The Balaban J connectivity index is 1.56. The van der Waals surface area contributed by atoms with Crippen molar-refractivity contribution in [2.75, 3.05) is 5.73 Å². The third-order valence-corrected chi connectivity index (χ3v) is 3.77. The van der Waals surface area contributed by atoms with Crippen molar-refractivity contribution in [2.24, 2.45) is 0 Å². The summed E-state index contributed by atoms with van der Waals surface area (Å²) in [6.07, 6.45) is 0. The molecule has 3 aromatic carbocycles. The summed E-state index contributed by atoms with van der Waals surface area (Å²) in [4.78, 5) is 4.34. The quantitative estimate of drug-likeness (QED) is 0.529. The van der Waals surface area contributed by atoms with Crippen LogP contribution in [-0.2, 0) is 0 Å². The predicted octanol–water partition coefficient (Wildman–Crippen LogP) is 4.48. The summed E-state index contributed by atoms with van der Waals surface area (Å²) in [7, 11) is 0. The number of ether oxygens (including phenoxy) is 1. The van der Waals surface area contributed by atoms with Gasteiger partial charge in [-0.2, -0.15) is 4.98 Å². The Morgan fingerprint density at radius 2 is 1.62 bits per heavy atom. The lowest BCUT2D eigenvalue weighted by Gasteiger charge is -2.05. The number of aromatic hydroxyl groups is 1. The zero-order valence-corrected chi connectivity index (χ0v) is 13.7. The number of aromatic nitrogens is 2. The van der Waals surface area contributed by atoms with Crippen LogP contribution in [0.1, 0.15) is 0 Å². The molecule has 3 N–H and O–H groups in total. The van der Waals surface area contributed by atoms with Gasteiger partial charge in [0.05, 0.1) is 5.56 Å². The lowest BCUT2D eigenvalue weighted by Crippen LogP contribution is -1.86. The van der Waals surface area contributed by atoms with Gasteiger partial charge < -0.3 is 20.1 Å². The van der Waals surface area contributed by atoms with E-state index in [-0.39, 0.29) is 11.6 Å². The minimum absolute atomic E-state index is 0.00758. The highest BCUT2D eigenvalue weighted by Crippen LogP contribution is 2.31. The molecule has 0 saturated heterocycles. The molecule has 0 fully saturated rings. The van der Waals surface area contributed by atoms with Gasteiger partial charge in [-0.15, -0.1) is 0 Å². The van der Waals surface area contributed by atoms with Crippen LogP contribution in [0.3, 0.4) is 0 Å². The van der Waals surface area contributed by atoms with Crippen LogP contribution in [0.15, 0.2) is 77.3 Å². The standard InChI is InChI=1S/C20H15N3O3/c21-14-8-11-17(18(24)12-14)20-22-19(23-26-20)13-6-9-16(10-7-13)25-15-4-2-1-3-5-15/h1-12,24H,21H2. The number of nitrogens with zero attached hydrogens (tertiary/aromatic N) is 2. The van der Waals surface area contributed by atoms with E-state index in [0.29, 0.717) is 22.8 Å². The zero-order chi connectivity index (χ0) is 17.9. The van der Waals surface area contributed by atoms with E-state index < -0.39 is 0 Å². The Morgan fingerprint density at radius 3 is 2.35 bits per heavy atom. The van der Waals surface area contributed by atoms with E-state index in [1.165, 1.54) is 6.07 Å². The number of phenolic OH excluding ortho intramolecular Hbond substituents is 1. The van der Waals surface area contributed by atoms with Crippen molar-refractivity contribution >= 4 is 5.69 Å². The van der Waals surface area contributed by atoms with Gasteiger partial charge in [0.1, 0.15) is 17.2 Å². The van der Waals surface area contributed by atoms with Gasteiger partial charge in [0, 0.05) is 17.3 Å². The van der Waals surface area contributed by atoms with Crippen molar-refractivity contribution in [1.29, 1.82) is 0 Å². The molecular formula is C20H15N3O3. The van der Waals surface area contributed by atoms with Crippen molar-refractivity contribution in [2.45, 2.75) is 0 Å². The molecule has 0 spiro atoms. The highest BCUT2D eigenvalue weighted by Gasteiger charge is 2.14. The molecule has 1 heterocycles. The van der Waals surface area contributed by atoms with Gasteiger partial charge in [-0.3, -0.25) is 0 Å². The first-order valence-corrected chi connectivity index (χ1v) is 7.95. The van der Waals surface area contributed by atoms with Gasteiger partial charge in [-0.05, 0) is 48.5 Å². The molecule has 6 heteroatoms. The molecule has 0 saturated carbocycles. The van der Waals surface area contributed by atoms with Crippen molar-refractivity contribution in [3.8, 4) is 40.1 Å². The topological polar surface area (TPSA) is 94.4 Å². The number of para-hydroxylation sites is 1. The molecule has 0 amide bonds. The third-order valence-electron chi connectivity index (χ3n) is 3.77. The highest BCUT2D eigenvalue weighted by molar-refractivity contribution is 5.68. The van der Waals surface area contributed by atoms with E-state index in [2.05, 4.69) is 10.1 Å². The molecule has 0 aliphatic carbocycles. The summed E-state index contributed by atoms with van der Waals surface area (Å²) in [5, 5.41) is 13.9. The molecule has 0 bridgehead atoms. The molecule has 6 nitrogen and oxygen atoms in total. The highest BCUT2D eigenvalue weighted by atomic mass is 16.5. The lowest BCUT2D eigenvalue weighted by molar-refractivity contribution is 0.426. The first kappa shape index (κ1) is 15.7. The second-order valence-corrected chi connectivity index (χ2v) is 5.64. The normalized spacial score (nSPS) is 10.6. The molecule has 4 aromatic rings. The number of hydrogen-bond acceptors (Lipinski definition) is 6.